The van der Waals surface area contributed by atoms with Crippen LogP contribution in [0, 0.1) is 6.20 Å². The maximum Gasteiger partial charge on any atom is 0.0970 e. The van der Waals surface area contributed by atoms with E-state index < -0.39 is 0 Å². The van der Waals surface area contributed by atoms with Crippen LogP contribution in [0.25, 0.3) is 10.8 Å². The predicted molar refractivity (Wildman–Crippen MR) is 52.6 cm³/mol. The van der Waals surface area contributed by atoms with Gasteiger partial charge in [0, 0.05) is 11.6 Å². The zero-order valence-electron chi connectivity index (χ0n) is 7.33. The second kappa shape index (κ2) is 2.56. The Labute approximate surface area is 77.4 Å². The van der Waals surface area contributed by atoms with Gasteiger partial charge in [-0.3, -0.25) is 4.98 Å². The van der Waals surface area contributed by atoms with E-state index in [1.165, 1.54) is 23.8 Å². The molecule has 0 atom stereocenters. The lowest BCUT2D eigenvalue weighted by atomic mass is 10.1. The van der Waals surface area contributed by atoms with Gasteiger partial charge < -0.3 is 0 Å². The fourth-order valence-electron chi connectivity index (χ4n) is 1.72. The number of hydrogen-bond donors (Lipinski definition) is 0. The molecule has 1 fully saturated rings. The smallest absolute Gasteiger partial charge is 0.0970 e. The highest BCUT2D eigenvalue weighted by Gasteiger charge is 2.23. The molecule has 1 aromatic heterocycles. The van der Waals surface area contributed by atoms with Gasteiger partial charge in [-0.25, -0.2) is 0 Å². The summed E-state index contributed by atoms with van der Waals surface area (Å²) in [4.78, 5) is 3.98. The minimum Gasteiger partial charge on any atom is -0.254 e. The van der Waals surface area contributed by atoms with Crippen molar-refractivity contribution in [1.82, 2.24) is 4.98 Å². The van der Waals surface area contributed by atoms with Crippen molar-refractivity contribution in [2.75, 3.05) is 0 Å². The summed E-state index contributed by atoms with van der Waals surface area (Å²) in [6.45, 7) is 0. The Bertz CT molecular complexity index is 444. The molecular formula is C12H10N. The van der Waals surface area contributed by atoms with Crippen molar-refractivity contribution in [3.05, 3.63) is 42.2 Å². The third-order valence-corrected chi connectivity index (χ3v) is 2.64. The zero-order valence-corrected chi connectivity index (χ0v) is 7.33. The zero-order chi connectivity index (χ0) is 8.67. The van der Waals surface area contributed by atoms with Gasteiger partial charge in [-0.15, -0.1) is 0 Å². The average molecular weight is 168 g/mol. The van der Waals surface area contributed by atoms with E-state index in [4.69, 9.17) is 0 Å². The normalized spacial score (nSPS) is 16.3. The van der Waals surface area contributed by atoms with Gasteiger partial charge in [0.05, 0.1) is 6.20 Å². The largest absolute Gasteiger partial charge is 0.254 e. The molecule has 2 aromatic rings. The molecule has 1 saturated carbocycles. The van der Waals surface area contributed by atoms with Crippen LogP contribution in [0.1, 0.15) is 24.3 Å². The minimum atomic E-state index is 0.831. The molecule has 0 spiro atoms. The summed E-state index contributed by atoms with van der Waals surface area (Å²) >= 11 is 0. The first-order valence-corrected chi connectivity index (χ1v) is 4.70. The van der Waals surface area contributed by atoms with Crippen LogP contribution >= 0.6 is 0 Å². The summed E-state index contributed by atoms with van der Waals surface area (Å²) in [6.07, 6.45) is 7.51. The maximum absolute atomic E-state index is 3.98. The van der Waals surface area contributed by atoms with Crippen LogP contribution in [-0.2, 0) is 0 Å². The molecular weight excluding hydrogens is 158 g/mol. The Morgan fingerprint density at radius 2 is 2.15 bits per heavy atom. The van der Waals surface area contributed by atoms with Crippen molar-refractivity contribution in [2.45, 2.75) is 18.8 Å². The third kappa shape index (κ3) is 1.21. The van der Waals surface area contributed by atoms with Gasteiger partial charge >= 0.3 is 0 Å². The summed E-state index contributed by atoms with van der Waals surface area (Å²) in [6, 6.07) is 8.65. The SMILES string of the molecule is [c]1nccc2cc(C3CC3)ccc12. The van der Waals surface area contributed by atoms with Crippen LogP contribution in [0.15, 0.2) is 30.5 Å². The molecule has 1 aromatic carbocycles. The fraction of sp³-hybridized carbons (Fsp3) is 0.250. The lowest BCUT2D eigenvalue weighted by Gasteiger charge is -1.99. The molecule has 1 radical (unpaired) electrons. The number of benzene rings is 1. The van der Waals surface area contributed by atoms with E-state index >= 15 is 0 Å². The van der Waals surface area contributed by atoms with Crippen molar-refractivity contribution in [1.29, 1.82) is 0 Å². The topological polar surface area (TPSA) is 12.9 Å². The Kier molecular flexibility index (Phi) is 1.39. The molecule has 3 rings (SSSR count). The summed E-state index contributed by atoms with van der Waals surface area (Å²) < 4.78 is 0. The molecule has 0 amide bonds. The van der Waals surface area contributed by atoms with Crippen molar-refractivity contribution in [3.63, 3.8) is 0 Å². The molecule has 1 heteroatoms. The quantitative estimate of drug-likeness (QED) is 0.638. The lowest BCUT2D eigenvalue weighted by molar-refractivity contribution is 1.14. The van der Waals surface area contributed by atoms with Crippen LogP contribution in [0.5, 0.6) is 0 Å². The van der Waals surface area contributed by atoms with E-state index in [9.17, 15) is 0 Å². The highest BCUT2D eigenvalue weighted by Crippen LogP contribution is 2.40. The van der Waals surface area contributed by atoms with Crippen LogP contribution in [0.3, 0.4) is 0 Å². The number of hydrogen-bond acceptors (Lipinski definition) is 1. The summed E-state index contributed by atoms with van der Waals surface area (Å²) in [7, 11) is 0. The number of aromatic nitrogens is 1. The summed E-state index contributed by atoms with van der Waals surface area (Å²) in [5.74, 6) is 0.831. The van der Waals surface area contributed by atoms with Crippen LogP contribution in [0.4, 0.5) is 0 Å². The van der Waals surface area contributed by atoms with Crippen molar-refractivity contribution in [3.8, 4) is 0 Å². The molecule has 0 unspecified atom stereocenters. The molecule has 13 heavy (non-hydrogen) atoms. The number of pyridine rings is 1. The maximum atomic E-state index is 3.98. The van der Waals surface area contributed by atoms with Crippen LogP contribution in [-0.4, -0.2) is 4.98 Å². The van der Waals surface area contributed by atoms with E-state index in [2.05, 4.69) is 35.4 Å². The molecule has 63 valence electrons. The van der Waals surface area contributed by atoms with E-state index in [0.29, 0.717) is 0 Å². The highest BCUT2D eigenvalue weighted by atomic mass is 14.6. The minimum absolute atomic E-state index is 0.831. The van der Waals surface area contributed by atoms with Crippen molar-refractivity contribution in [2.24, 2.45) is 0 Å². The van der Waals surface area contributed by atoms with Gasteiger partial charge in [-0.1, -0.05) is 18.2 Å². The van der Waals surface area contributed by atoms with Crippen LogP contribution in [0.2, 0.25) is 0 Å². The first kappa shape index (κ1) is 7.07. The van der Waals surface area contributed by atoms with Crippen LogP contribution < -0.4 is 0 Å². The van der Waals surface area contributed by atoms with E-state index in [0.717, 1.165) is 11.3 Å². The van der Waals surface area contributed by atoms with Gasteiger partial charge in [0.1, 0.15) is 0 Å². The second-order valence-corrected chi connectivity index (χ2v) is 3.68. The molecule has 0 N–H and O–H groups in total. The summed E-state index contributed by atoms with van der Waals surface area (Å²) in [5, 5.41) is 2.38. The van der Waals surface area contributed by atoms with E-state index in [1.807, 2.05) is 0 Å². The van der Waals surface area contributed by atoms with E-state index in [-0.39, 0.29) is 0 Å². The Morgan fingerprint density at radius 1 is 1.23 bits per heavy atom. The molecule has 1 aliphatic rings. The van der Waals surface area contributed by atoms with E-state index in [1.54, 1.807) is 6.20 Å². The van der Waals surface area contributed by atoms with Crippen molar-refractivity contribution >= 4 is 10.8 Å². The number of rotatable bonds is 1. The van der Waals surface area contributed by atoms with Crippen molar-refractivity contribution < 1.29 is 0 Å². The number of fused-ring (bicyclic) bond motifs is 1. The third-order valence-electron chi connectivity index (χ3n) is 2.64. The fourth-order valence-corrected chi connectivity index (χ4v) is 1.72. The molecule has 1 heterocycles. The monoisotopic (exact) mass is 168 g/mol. The molecule has 0 aliphatic heterocycles. The first-order chi connectivity index (χ1) is 6.43. The molecule has 0 saturated heterocycles. The lowest BCUT2D eigenvalue weighted by Crippen LogP contribution is -1.80. The highest BCUT2D eigenvalue weighted by molar-refractivity contribution is 5.81. The second-order valence-electron chi connectivity index (χ2n) is 3.68. The van der Waals surface area contributed by atoms with Gasteiger partial charge in [0.15, 0.2) is 0 Å². The molecule has 1 nitrogen and oxygen atoms in total. The standard InChI is InChI=1S/C12H10N/c1-2-9(1)10-3-4-12-8-13-6-5-11(12)7-10/h3-7,9H,1-2H2. The van der Waals surface area contributed by atoms with Gasteiger partial charge in [0.2, 0.25) is 0 Å². The Hall–Kier alpha value is -1.37. The predicted octanol–water partition coefficient (Wildman–Crippen LogP) is 2.91. The number of nitrogens with zero attached hydrogens (tertiary/aromatic N) is 1. The summed E-state index contributed by atoms with van der Waals surface area (Å²) in [5.41, 5.74) is 1.48. The first-order valence-electron chi connectivity index (χ1n) is 4.70. The van der Waals surface area contributed by atoms with Gasteiger partial charge in [-0.05, 0) is 35.8 Å². The Balaban J connectivity index is 2.21. The Morgan fingerprint density at radius 3 is 3.00 bits per heavy atom. The molecule has 0 bridgehead atoms. The molecule has 1 aliphatic carbocycles. The van der Waals surface area contributed by atoms with Gasteiger partial charge in [0.25, 0.3) is 0 Å². The average Bonchev–Trinajstić information content (AvgIpc) is 3.00. The van der Waals surface area contributed by atoms with Gasteiger partial charge in [-0.2, -0.15) is 0 Å².